The fraction of sp³-hybridized carbons (Fsp3) is 0.0435. The van der Waals surface area contributed by atoms with E-state index in [0.717, 1.165) is 5.56 Å². The second-order valence-electron chi connectivity index (χ2n) is 7.31. The van der Waals surface area contributed by atoms with E-state index in [1.54, 1.807) is 12.1 Å². The minimum atomic E-state index is -4.14. The molecule has 3 heterocycles. The molecule has 162 valence electrons. The van der Waals surface area contributed by atoms with Crippen molar-refractivity contribution < 1.29 is 13.5 Å². The molecular weight excluding hydrogens is 442 g/mol. The molecule has 33 heavy (non-hydrogen) atoms. The molecule has 0 spiro atoms. The molecule has 0 radical (unpaired) electrons. The van der Waals surface area contributed by atoms with Crippen molar-refractivity contribution in [2.75, 3.05) is 0 Å². The zero-order valence-corrected chi connectivity index (χ0v) is 17.7. The Labute approximate surface area is 188 Å². The Kier molecular flexibility index (Phi) is 4.69. The summed E-state index contributed by atoms with van der Waals surface area (Å²) in [5, 5.41) is 20.7. The number of sulfonamides is 1. The van der Waals surface area contributed by atoms with Gasteiger partial charge >= 0.3 is 0 Å². The van der Waals surface area contributed by atoms with Gasteiger partial charge in [0.25, 0.3) is 15.6 Å². The quantitative estimate of drug-likeness (QED) is 0.485. The number of aromatic nitrogens is 2. The number of para-hydroxylation sites is 1. The van der Waals surface area contributed by atoms with Crippen LogP contribution >= 0.6 is 0 Å². The molecule has 0 bridgehead atoms. The minimum absolute atomic E-state index is 0.0293. The summed E-state index contributed by atoms with van der Waals surface area (Å²) in [4.78, 5) is 21.9. The first-order chi connectivity index (χ1) is 15.9. The second kappa shape index (κ2) is 7.58. The summed E-state index contributed by atoms with van der Waals surface area (Å²) in [7, 11) is -4.14. The topological polar surface area (TPSA) is 137 Å². The number of fused-ring (bicyclic) bond motifs is 2. The molecule has 10 heteroatoms. The molecule has 0 atom stereocenters. The number of nitrogens with one attached hydrogen (secondary N) is 1. The Hall–Kier alpha value is -4.49. The molecule has 2 aromatic heterocycles. The van der Waals surface area contributed by atoms with Gasteiger partial charge in [-0.25, -0.2) is 18.4 Å². The highest BCUT2D eigenvalue weighted by Crippen LogP contribution is 2.34. The van der Waals surface area contributed by atoms with Gasteiger partial charge in [-0.2, -0.15) is 5.26 Å². The number of aliphatic imine (C=N–C) groups is 1. The van der Waals surface area contributed by atoms with Crippen LogP contribution in [0.4, 0.5) is 5.69 Å². The summed E-state index contributed by atoms with van der Waals surface area (Å²) in [5.41, 5.74) is -0.0122. The average Bonchev–Trinajstić information content (AvgIpc) is 2.82. The van der Waals surface area contributed by atoms with Gasteiger partial charge in [-0.05, 0) is 29.8 Å². The largest absolute Gasteiger partial charge is 0.506 e. The average molecular weight is 457 g/mol. The van der Waals surface area contributed by atoms with Crippen molar-refractivity contribution in [1.29, 1.82) is 5.26 Å². The molecule has 0 aliphatic carbocycles. The third-order valence-corrected chi connectivity index (χ3v) is 6.65. The maximum absolute atomic E-state index is 13.6. The number of nitriles is 1. The smallest absolute Gasteiger partial charge is 0.267 e. The molecule has 0 fully saturated rings. The van der Waals surface area contributed by atoms with Crippen molar-refractivity contribution in [2.45, 2.75) is 11.4 Å². The van der Waals surface area contributed by atoms with E-state index in [0.29, 0.717) is 0 Å². The van der Waals surface area contributed by atoms with Crippen LogP contribution in [-0.2, 0) is 16.6 Å². The molecule has 2 N–H and O–H groups in total. The van der Waals surface area contributed by atoms with E-state index >= 15 is 0 Å². The first-order valence-electron chi connectivity index (χ1n) is 9.80. The molecule has 0 unspecified atom stereocenters. The number of pyridine rings is 2. The highest BCUT2D eigenvalue weighted by Gasteiger charge is 2.31. The first kappa shape index (κ1) is 20.4. The van der Waals surface area contributed by atoms with Crippen molar-refractivity contribution in [3.05, 3.63) is 93.9 Å². The molecule has 0 saturated carbocycles. The molecule has 1 aliphatic rings. The zero-order chi connectivity index (χ0) is 23.2. The van der Waals surface area contributed by atoms with Crippen LogP contribution in [0.3, 0.4) is 0 Å². The van der Waals surface area contributed by atoms with E-state index in [-0.39, 0.29) is 45.1 Å². The zero-order valence-electron chi connectivity index (χ0n) is 16.9. The van der Waals surface area contributed by atoms with Gasteiger partial charge in [0.15, 0.2) is 5.84 Å². The predicted molar refractivity (Wildman–Crippen MR) is 121 cm³/mol. The summed E-state index contributed by atoms with van der Waals surface area (Å²) in [5.74, 6) is -0.813. The number of nitrogens with zero attached hydrogens (tertiary/aromatic N) is 4. The lowest BCUT2D eigenvalue weighted by molar-refractivity contribution is 0.477. The number of benzene rings is 2. The standard InChI is InChI=1S/C23H15N5O4S/c24-12-15-8-4-10-17-19(15)26-21(27-33(17,31)32)18-20(29)16-9-5-11-25-22(16)28(23(18)30)13-14-6-2-1-3-7-14/h1-11,29H,13H2,(H,26,27). The molecule has 1 aliphatic heterocycles. The van der Waals surface area contributed by atoms with E-state index in [1.807, 2.05) is 36.4 Å². The summed E-state index contributed by atoms with van der Waals surface area (Å²) in [6, 6.07) is 18.4. The van der Waals surface area contributed by atoms with Crippen molar-refractivity contribution in [3.63, 3.8) is 0 Å². The number of aromatic hydroxyl groups is 1. The molecule has 9 nitrogen and oxygen atoms in total. The minimum Gasteiger partial charge on any atom is -0.506 e. The summed E-state index contributed by atoms with van der Waals surface area (Å²) >= 11 is 0. The fourth-order valence-electron chi connectivity index (χ4n) is 3.76. The van der Waals surface area contributed by atoms with Gasteiger partial charge in [-0.15, -0.1) is 0 Å². The van der Waals surface area contributed by atoms with Crippen molar-refractivity contribution in [1.82, 2.24) is 14.3 Å². The molecule has 0 amide bonds. The monoisotopic (exact) mass is 457 g/mol. The summed E-state index contributed by atoms with van der Waals surface area (Å²) < 4.78 is 29.4. The molecule has 5 rings (SSSR count). The van der Waals surface area contributed by atoms with Gasteiger partial charge in [-0.1, -0.05) is 36.4 Å². The Morgan fingerprint density at radius 2 is 1.85 bits per heavy atom. The van der Waals surface area contributed by atoms with E-state index in [2.05, 4.69) is 14.7 Å². The van der Waals surface area contributed by atoms with Crippen LogP contribution in [0, 0.1) is 11.3 Å². The number of rotatable bonds is 3. The van der Waals surface area contributed by atoms with Crippen molar-refractivity contribution >= 4 is 32.6 Å². The van der Waals surface area contributed by atoms with Gasteiger partial charge < -0.3 is 5.11 Å². The van der Waals surface area contributed by atoms with Crippen molar-refractivity contribution in [2.24, 2.45) is 4.99 Å². The predicted octanol–water partition coefficient (Wildman–Crippen LogP) is 2.39. The van der Waals surface area contributed by atoms with E-state index in [4.69, 9.17) is 0 Å². The second-order valence-corrected chi connectivity index (χ2v) is 8.96. The van der Waals surface area contributed by atoms with Gasteiger partial charge in [0, 0.05) is 6.20 Å². The van der Waals surface area contributed by atoms with E-state index in [1.165, 1.54) is 29.0 Å². The van der Waals surface area contributed by atoms with Crippen LogP contribution in [0.2, 0.25) is 0 Å². The third kappa shape index (κ3) is 3.31. The number of amidine groups is 1. The van der Waals surface area contributed by atoms with Crippen LogP contribution in [0.1, 0.15) is 16.7 Å². The maximum atomic E-state index is 13.6. The lowest BCUT2D eigenvalue weighted by atomic mass is 10.1. The first-order valence-corrected chi connectivity index (χ1v) is 11.3. The van der Waals surface area contributed by atoms with Gasteiger partial charge in [0.1, 0.15) is 33.6 Å². The third-order valence-electron chi connectivity index (χ3n) is 5.28. The lowest BCUT2D eigenvalue weighted by Gasteiger charge is -2.20. The maximum Gasteiger partial charge on any atom is 0.267 e. The molecule has 4 aromatic rings. The van der Waals surface area contributed by atoms with Crippen molar-refractivity contribution in [3.8, 4) is 11.8 Å². The van der Waals surface area contributed by atoms with Crippen LogP contribution in [-0.4, -0.2) is 28.9 Å². The Morgan fingerprint density at radius 3 is 2.61 bits per heavy atom. The highest BCUT2D eigenvalue weighted by atomic mass is 32.2. The molecular formula is C23H15N5O4S. The SMILES string of the molecule is N#Cc1cccc2c1N=C(c1c(O)c3cccnc3n(Cc3ccccc3)c1=O)NS2(=O)=O. The van der Waals surface area contributed by atoms with Gasteiger partial charge in [0.2, 0.25) is 0 Å². The van der Waals surface area contributed by atoms with Crippen LogP contribution in [0.5, 0.6) is 5.75 Å². The Balaban J connectivity index is 1.82. The van der Waals surface area contributed by atoms with Gasteiger partial charge in [-0.3, -0.25) is 14.1 Å². The fourth-order valence-corrected chi connectivity index (χ4v) is 4.94. The molecule has 2 aromatic carbocycles. The highest BCUT2D eigenvalue weighted by molar-refractivity contribution is 7.90. The normalized spacial score (nSPS) is 14.1. The van der Waals surface area contributed by atoms with E-state index in [9.17, 15) is 23.6 Å². The van der Waals surface area contributed by atoms with Crippen LogP contribution < -0.4 is 10.3 Å². The molecule has 0 saturated heterocycles. The lowest BCUT2D eigenvalue weighted by Crippen LogP contribution is -2.39. The number of hydrogen-bond donors (Lipinski definition) is 2. The van der Waals surface area contributed by atoms with E-state index < -0.39 is 21.3 Å². The Morgan fingerprint density at radius 1 is 1.06 bits per heavy atom. The van der Waals surface area contributed by atoms with Crippen LogP contribution in [0.15, 0.2) is 81.5 Å². The Bertz CT molecular complexity index is 1670. The van der Waals surface area contributed by atoms with Gasteiger partial charge in [0.05, 0.1) is 17.5 Å². The summed E-state index contributed by atoms with van der Waals surface area (Å²) in [6.07, 6.45) is 1.50. The summed E-state index contributed by atoms with van der Waals surface area (Å²) in [6.45, 7) is 0.139. The number of hydrogen-bond acceptors (Lipinski definition) is 7. The van der Waals surface area contributed by atoms with Crippen LogP contribution in [0.25, 0.3) is 11.0 Å².